The zero-order chi connectivity index (χ0) is 16.5. The summed E-state index contributed by atoms with van der Waals surface area (Å²) < 4.78 is 0. The molecule has 1 aliphatic heterocycles. The van der Waals surface area contributed by atoms with E-state index in [-0.39, 0.29) is 0 Å². The standard InChI is InChI=1S/C19H15N.C3H6S/c1-2-6-13-7-5-8-14-11-12-16-15-9-3-4-10-17(15)20-19(16)18(13)14;1-3-2-4-3/h2-5,7-12,20H,1,6H2;3H,2H2,1H3. The SMILES string of the molecule is C=CCc1cccc2ccc3c4ccccc4[nH]c3c12.CC1CS1. The van der Waals surface area contributed by atoms with Crippen LogP contribution in [0.5, 0.6) is 0 Å². The van der Waals surface area contributed by atoms with Crippen LogP contribution < -0.4 is 0 Å². The van der Waals surface area contributed by atoms with Gasteiger partial charge in [0.05, 0.1) is 5.52 Å². The number of nitrogens with one attached hydrogen (secondary N) is 1. The third-order valence-corrected chi connectivity index (χ3v) is 5.47. The first kappa shape index (κ1) is 15.3. The maximum atomic E-state index is 3.88. The van der Waals surface area contributed by atoms with Gasteiger partial charge in [0.1, 0.15) is 0 Å². The largest absolute Gasteiger partial charge is 0.354 e. The summed E-state index contributed by atoms with van der Waals surface area (Å²) >= 11 is 2.02. The second-order valence-electron chi connectivity index (χ2n) is 6.31. The normalized spacial score (nSPS) is 16.1. The van der Waals surface area contributed by atoms with Crippen molar-refractivity contribution in [2.24, 2.45) is 0 Å². The Hall–Kier alpha value is -2.19. The Morgan fingerprint density at radius 2 is 1.88 bits per heavy atom. The van der Waals surface area contributed by atoms with Gasteiger partial charge in [-0.1, -0.05) is 61.5 Å². The molecule has 0 saturated carbocycles. The molecule has 4 aromatic rings. The van der Waals surface area contributed by atoms with Crippen LogP contribution in [0.4, 0.5) is 0 Å². The van der Waals surface area contributed by atoms with Gasteiger partial charge in [-0.3, -0.25) is 0 Å². The number of aromatic amines is 1. The molecule has 2 heterocycles. The molecule has 0 radical (unpaired) electrons. The molecule has 1 fully saturated rings. The second kappa shape index (κ2) is 6.37. The Balaban J connectivity index is 0.000000321. The molecule has 5 rings (SSSR count). The Labute approximate surface area is 146 Å². The molecule has 1 aliphatic rings. The van der Waals surface area contributed by atoms with E-state index in [0.29, 0.717) is 0 Å². The van der Waals surface area contributed by atoms with Crippen molar-refractivity contribution in [2.75, 3.05) is 5.75 Å². The molecule has 1 atom stereocenters. The highest BCUT2D eigenvalue weighted by molar-refractivity contribution is 8.06. The average molecular weight is 331 g/mol. The van der Waals surface area contributed by atoms with E-state index < -0.39 is 0 Å². The molecule has 3 aromatic carbocycles. The van der Waals surface area contributed by atoms with E-state index in [1.165, 1.54) is 43.9 Å². The van der Waals surface area contributed by atoms with Crippen molar-refractivity contribution in [3.05, 3.63) is 72.8 Å². The molecule has 2 heteroatoms. The van der Waals surface area contributed by atoms with Crippen LogP contribution in [0.25, 0.3) is 32.6 Å². The van der Waals surface area contributed by atoms with Crippen molar-refractivity contribution in [3.63, 3.8) is 0 Å². The van der Waals surface area contributed by atoms with Crippen LogP contribution in [0, 0.1) is 0 Å². The van der Waals surface area contributed by atoms with Crippen LogP contribution in [0.1, 0.15) is 12.5 Å². The van der Waals surface area contributed by atoms with Crippen molar-refractivity contribution in [2.45, 2.75) is 18.6 Å². The number of fused-ring (bicyclic) bond motifs is 5. The van der Waals surface area contributed by atoms with Gasteiger partial charge in [0.15, 0.2) is 0 Å². The molecular weight excluding hydrogens is 310 g/mol. The summed E-state index contributed by atoms with van der Waals surface area (Å²) in [5.41, 5.74) is 3.76. The second-order valence-corrected chi connectivity index (χ2v) is 7.78. The van der Waals surface area contributed by atoms with Gasteiger partial charge in [0.2, 0.25) is 0 Å². The minimum absolute atomic E-state index is 0.895. The van der Waals surface area contributed by atoms with Gasteiger partial charge in [0.25, 0.3) is 0 Å². The lowest BCUT2D eigenvalue weighted by molar-refractivity contribution is 1.25. The molecule has 0 aliphatic carbocycles. The number of para-hydroxylation sites is 1. The van der Waals surface area contributed by atoms with Crippen LogP contribution in [0.15, 0.2) is 67.3 Å². The predicted molar refractivity (Wildman–Crippen MR) is 109 cm³/mol. The van der Waals surface area contributed by atoms with E-state index in [9.17, 15) is 0 Å². The smallest absolute Gasteiger partial charge is 0.0547 e. The van der Waals surface area contributed by atoms with Crippen LogP contribution in [-0.4, -0.2) is 16.0 Å². The van der Waals surface area contributed by atoms with Crippen molar-refractivity contribution in [1.29, 1.82) is 0 Å². The molecule has 1 aromatic heterocycles. The van der Waals surface area contributed by atoms with Gasteiger partial charge >= 0.3 is 0 Å². The summed E-state index contributed by atoms with van der Waals surface area (Å²) in [6, 6.07) is 19.4. The third kappa shape index (κ3) is 2.83. The molecule has 120 valence electrons. The van der Waals surface area contributed by atoms with Gasteiger partial charge in [-0.25, -0.2) is 0 Å². The minimum Gasteiger partial charge on any atom is -0.354 e. The van der Waals surface area contributed by atoms with Crippen molar-refractivity contribution < 1.29 is 0 Å². The van der Waals surface area contributed by atoms with Crippen LogP contribution in [-0.2, 0) is 6.42 Å². The molecular formula is C22H21NS. The summed E-state index contributed by atoms with van der Waals surface area (Å²) in [6.07, 6.45) is 2.86. The van der Waals surface area contributed by atoms with Gasteiger partial charge < -0.3 is 4.98 Å². The first-order valence-corrected chi connectivity index (χ1v) is 9.46. The van der Waals surface area contributed by atoms with Gasteiger partial charge in [0, 0.05) is 32.7 Å². The molecule has 1 nitrogen and oxygen atoms in total. The highest BCUT2D eigenvalue weighted by Crippen LogP contribution is 2.33. The molecule has 1 unspecified atom stereocenters. The fourth-order valence-corrected chi connectivity index (χ4v) is 3.39. The minimum atomic E-state index is 0.895. The topological polar surface area (TPSA) is 15.8 Å². The molecule has 0 spiro atoms. The Kier molecular flexibility index (Phi) is 4.07. The molecule has 0 bridgehead atoms. The lowest BCUT2D eigenvalue weighted by atomic mass is 9.99. The number of hydrogen-bond donors (Lipinski definition) is 1. The van der Waals surface area contributed by atoms with E-state index in [1.54, 1.807) is 0 Å². The lowest BCUT2D eigenvalue weighted by Gasteiger charge is -2.06. The van der Waals surface area contributed by atoms with E-state index in [1.807, 2.05) is 17.8 Å². The van der Waals surface area contributed by atoms with Gasteiger partial charge in [-0.05, 0) is 23.4 Å². The van der Waals surface area contributed by atoms with E-state index in [0.717, 1.165) is 11.7 Å². The summed E-state index contributed by atoms with van der Waals surface area (Å²) in [6.45, 7) is 6.12. The number of aromatic nitrogens is 1. The summed E-state index contributed by atoms with van der Waals surface area (Å²) in [5.74, 6) is 1.40. The fraction of sp³-hybridized carbons (Fsp3) is 0.182. The average Bonchev–Trinajstić information content (AvgIpc) is 3.29. The Bertz CT molecular complexity index is 1020. The number of H-pyrrole nitrogens is 1. The molecule has 24 heavy (non-hydrogen) atoms. The number of thioether (sulfide) groups is 1. The molecule has 0 amide bonds. The summed E-state index contributed by atoms with van der Waals surface area (Å²) in [4.78, 5) is 3.59. The van der Waals surface area contributed by atoms with Crippen LogP contribution in [0.3, 0.4) is 0 Å². The highest BCUT2D eigenvalue weighted by Gasteiger charge is 2.13. The number of allylic oxidation sites excluding steroid dienone is 1. The first-order chi connectivity index (χ1) is 11.8. The Morgan fingerprint density at radius 3 is 2.62 bits per heavy atom. The van der Waals surface area contributed by atoms with E-state index in [4.69, 9.17) is 0 Å². The Morgan fingerprint density at radius 1 is 1.08 bits per heavy atom. The quantitative estimate of drug-likeness (QED) is 0.335. The zero-order valence-electron chi connectivity index (χ0n) is 13.9. The zero-order valence-corrected chi connectivity index (χ0v) is 14.7. The monoisotopic (exact) mass is 331 g/mol. The number of hydrogen-bond acceptors (Lipinski definition) is 1. The summed E-state index contributed by atoms with van der Waals surface area (Å²) in [7, 11) is 0. The third-order valence-electron chi connectivity index (χ3n) is 4.47. The lowest BCUT2D eigenvalue weighted by Crippen LogP contribution is -1.85. The molecule has 1 saturated heterocycles. The highest BCUT2D eigenvalue weighted by atomic mass is 32.2. The maximum Gasteiger partial charge on any atom is 0.0547 e. The van der Waals surface area contributed by atoms with Crippen LogP contribution >= 0.6 is 11.8 Å². The van der Waals surface area contributed by atoms with Gasteiger partial charge in [-0.15, -0.1) is 6.58 Å². The number of rotatable bonds is 2. The predicted octanol–water partition coefficient (Wildman–Crippen LogP) is 6.32. The van der Waals surface area contributed by atoms with Crippen LogP contribution in [0.2, 0.25) is 0 Å². The maximum absolute atomic E-state index is 3.88. The van der Waals surface area contributed by atoms with Crippen molar-refractivity contribution in [3.8, 4) is 0 Å². The van der Waals surface area contributed by atoms with Gasteiger partial charge in [-0.2, -0.15) is 11.8 Å². The molecule has 1 N–H and O–H groups in total. The fourth-order valence-electron chi connectivity index (χ4n) is 3.19. The summed E-state index contributed by atoms with van der Waals surface area (Å²) in [5, 5.41) is 6.19. The number of benzene rings is 3. The first-order valence-electron chi connectivity index (χ1n) is 8.41. The van der Waals surface area contributed by atoms with Crippen molar-refractivity contribution >= 4 is 44.3 Å². The van der Waals surface area contributed by atoms with Crippen molar-refractivity contribution in [1.82, 2.24) is 4.98 Å². The van der Waals surface area contributed by atoms with E-state index in [2.05, 4.69) is 73.1 Å². The van der Waals surface area contributed by atoms with E-state index >= 15 is 0 Å².